The normalized spacial score (nSPS) is 11.9. The Kier molecular flexibility index (Phi) is 5.80. The van der Waals surface area contributed by atoms with Crippen LogP contribution in [0.15, 0.2) is 28.7 Å². The summed E-state index contributed by atoms with van der Waals surface area (Å²) < 4.78 is 0.997. The van der Waals surface area contributed by atoms with Crippen LogP contribution in [0.2, 0.25) is 0 Å². The predicted molar refractivity (Wildman–Crippen MR) is 71.3 cm³/mol. The smallest absolute Gasteiger partial charge is 0.330 e. The molecule has 0 radical (unpaired) electrons. The van der Waals surface area contributed by atoms with Crippen molar-refractivity contribution in [2.75, 3.05) is 13.6 Å². The highest BCUT2D eigenvalue weighted by Gasteiger charge is 2.23. The lowest BCUT2D eigenvalue weighted by molar-refractivity contribution is -0.143. The lowest BCUT2D eigenvalue weighted by Crippen LogP contribution is -2.48. The van der Waals surface area contributed by atoms with Crippen molar-refractivity contribution in [1.29, 1.82) is 0 Å². The van der Waals surface area contributed by atoms with Gasteiger partial charge < -0.3 is 10.4 Å². The average Bonchev–Trinajstić information content (AvgIpc) is 2.32. The zero-order chi connectivity index (χ0) is 13.5. The first-order valence-corrected chi connectivity index (χ1v) is 6.26. The van der Waals surface area contributed by atoms with Crippen LogP contribution in [0.1, 0.15) is 5.56 Å². The Hall–Kier alpha value is -1.40. The number of amides is 1. The van der Waals surface area contributed by atoms with Crippen LogP contribution in [0.25, 0.3) is 0 Å². The van der Waals surface area contributed by atoms with Crippen molar-refractivity contribution in [1.82, 2.24) is 10.6 Å². The van der Waals surface area contributed by atoms with E-state index in [0.29, 0.717) is 13.0 Å². The molecule has 6 heteroatoms. The highest BCUT2D eigenvalue weighted by Crippen LogP contribution is 2.10. The molecule has 0 bridgehead atoms. The Labute approximate surface area is 114 Å². The van der Waals surface area contributed by atoms with Crippen molar-refractivity contribution in [2.45, 2.75) is 12.5 Å². The van der Waals surface area contributed by atoms with Crippen LogP contribution in [0, 0.1) is 0 Å². The van der Waals surface area contributed by atoms with Crippen LogP contribution >= 0.6 is 15.9 Å². The molecule has 0 fully saturated rings. The Balaban J connectivity index is 2.39. The molecule has 0 aliphatic heterocycles. The number of hydrogen-bond donors (Lipinski definition) is 3. The molecule has 0 saturated heterocycles. The third-order valence-corrected chi connectivity index (χ3v) is 2.95. The highest BCUT2D eigenvalue weighted by atomic mass is 79.9. The van der Waals surface area contributed by atoms with E-state index in [2.05, 4.69) is 26.6 Å². The average molecular weight is 315 g/mol. The molecular weight excluding hydrogens is 300 g/mol. The maximum Gasteiger partial charge on any atom is 0.330 e. The first-order valence-electron chi connectivity index (χ1n) is 5.47. The molecule has 1 aromatic carbocycles. The van der Waals surface area contributed by atoms with Gasteiger partial charge in [-0.05, 0) is 31.2 Å². The van der Waals surface area contributed by atoms with Crippen LogP contribution in [0.3, 0.4) is 0 Å². The van der Waals surface area contributed by atoms with E-state index in [0.717, 1.165) is 10.0 Å². The van der Waals surface area contributed by atoms with E-state index in [9.17, 15) is 9.59 Å². The Morgan fingerprint density at radius 1 is 1.33 bits per heavy atom. The molecule has 18 heavy (non-hydrogen) atoms. The zero-order valence-electron chi connectivity index (χ0n) is 9.94. The summed E-state index contributed by atoms with van der Waals surface area (Å²) in [5, 5.41) is 13.8. The predicted octanol–water partition coefficient (Wildman–Crippen LogP) is 0.780. The summed E-state index contributed by atoms with van der Waals surface area (Å²) in [7, 11) is 1.44. The van der Waals surface area contributed by atoms with Gasteiger partial charge in [0, 0.05) is 11.0 Å². The second-order valence-electron chi connectivity index (χ2n) is 3.73. The fourth-order valence-corrected chi connectivity index (χ4v) is 1.71. The molecule has 0 aliphatic carbocycles. The van der Waals surface area contributed by atoms with Crippen LogP contribution in [0.4, 0.5) is 0 Å². The molecule has 0 saturated carbocycles. The molecular formula is C12H15BrN2O3. The summed E-state index contributed by atoms with van der Waals surface area (Å²) in [5.74, 6) is -1.71. The quantitative estimate of drug-likeness (QED) is 0.678. The van der Waals surface area contributed by atoms with Crippen molar-refractivity contribution >= 4 is 27.8 Å². The first-order chi connectivity index (χ1) is 8.54. The van der Waals surface area contributed by atoms with E-state index in [1.165, 1.54) is 7.05 Å². The van der Waals surface area contributed by atoms with Gasteiger partial charge in [-0.15, -0.1) is 0 Å². The summed E-state index contributed by atoms with van der Waals surface area (Å²) in [6, 6.07) is 6.54. The maximum absolute atomic E-state index is 11.5. The molecule has 0 heterocycles. The molecule has 1 amide bonds. The third kappa shape index (κ3) is 4.46. The molecule has 98 valence electrons. The third-order valence-electron chi connectivity index (χ3n) is 2.42. The van der Waals surface area contributed by atoms with Gasteiger partial charge in [-0.1, -0.05) is 28.1 Å². The molecule has 1 atom stereocenters. The minimum absolute atomic E-state index is 0.409. The lowest BCUT2D eigenvalue weighted by Gasteiger charge is -2.11. The number of carbonyl (C=O) groups is 2. The van der Waals surface area contributed by atoms with Gasteiger partial charge in [0.1, 0.15) is 0 Å². The minimum Gasteiger partial charge on any atom is -0.480 e. The van der Waals surface area contributed by atoms with Crippen molar-refractivity contribution in [3.05, 3.63) is 34.3 Å². The standard InChI is InChI=1S/C12H15BrN2O3/c1-14-10(12(17)18)11(16)15-7-6-8-2-4-9(13)5-3-8/h2-5,10,14H,6-7H2,1H3,(H,15,16)(H,17,18). The number of likely N-dealkylation sites (N-methyl/N-ethyl adjacent to an activating group) is 1. The van der Waals surface area contributed by atoms with Crippen molar-refractivity contribution < 1.29 is 14.7 Å². The van der Waals surface area contributed by atoms with Crippen LogP contribution in [-0.2, 0) is 16.0 Å². The number of aliphatic carboxylic acids is 1. The fraction of sp³-hybridized carbons (Fsp3) is 0.333. The van der Waals surface area contributed by atoms with Gasteiger partial charge in [-0.3, -0.25) is 10.1 Å². The van der Waals surface area contributed by atoms with E-state index in [1.807, 2.05) is 24.3 Å². The summed E-state index contributed by atoms with van der Waals surface area (Å²) >= 11 is 3.34. The summed E-state index contributed by atoms with van der Waals surface area (Å²) in [6.07, 6.45) is 0.662. The SMILES string of the molecule is CNC(C(=O)O)C(=O)NCCc1ccc(Br)cc1. The number of hydrogen-bond acceptors (Lipinski definition) is 3. The fourth-order valence-electron chi connectivity index (χ4n) is 1.45. The molecule has 0 spiro atoms. The van der Waals surface area contributed by atoms with E-state index >= 15 is 0 Å². The molecule has 1 aromatic rings. The van der Waals surface area contributed by atoms with E-state index < -0.39 is 17.9 Å². The number of nitrogens with one attached hydrogen (secondary N) is 2. The van der Waals surface area contributed by atoms with Gasteiger partial charge in [0.25, 0.3) is 0 Å². The lowest BCUT2D eigenvalue weighted by atomic mass is 10.1. The van der Waals surface area contributed by atoms with Gasteiger partial charge >= 0.3 is 5.97 Å². The second-order valence-corrected chi connectivity index (χ2v) is 4.64. The topological polar surface area (TPSA) is 78.4 Å². The van der Waals surface area contributed by atoms with Crippen LogP contribution in [0.5, 0.6) is 0 Å². The van der Waals surface area contributed by atoms with Crippen molar-refractivity contribution in [3.8, 4) is 0 Å². The van der Waals surface area contributed by atoms with Crippen molar-refractivity contribution in [3.63, 3.8) is 0 Å². The van der Waals surface area contributed by atoms with Crippen LogP contribution < -0.4 is 10.6 Å². The number of carboxylic acids is 1. The second kappa shape index (κ2) is 7.13. The number of rotatable bonds is 6. The Bertz CT molecular complexity index is 420. The highest BCUT2D eigenvalue weighted by molar-refractivity contribution is 9.10. The van der Waals surface area contributed by atoms with Gasteiger partial charge in [-0.2, -0.15) is 0 Å². The summed E-state index contributed by atoms with van der Waals surface area (Å²) in [4.78, 5) is 22.2. The zero-order valence-corrected chi connectivity index (χ0v) is 11.5. The van der Waals surface area contributed by atoms with E-state index in [1.54, 1.807) is 0 Å². The van der Waals surface area contributed by atoms with E-state index in [4.69, 9.17) is 5.11 Å². The maximum atomic E-state index is 11.5. The van der Waals surface area contributed by atoms with Gasteiger partial charge in [0.05, 0.1) is 0 Å². The first kappa shape index (κ1) is 14.7. The van der Waals surface area contributed by atoms with Crippen LogP contribution in [-0.4, -0.2) is 36.6 Å². The molecule has 0 aliphatic rings. The van der Waals surface area contributed by atoms with Gasteiger partial charge in [-0.25, -0.2) is 4.79 Å². The molecule has 1 unspecified atom stereocenters. The summed E-state index contributed by atoms with van der Waals surface area (Å²) in [6.45, 7) is 0.409. The largest absolute Gasteiger partial charge is 0.480 e. The van der Waals surface area contributed by atoms with Gasteiger partial charge in [0.15, 0.2) is 6.04 Å². The number of halogens is 1. The molecule has 0 aromatic heterocycles. The van der Waals surface area contributed by atoms with Gasteiger partial charge in [0.2, 0.25) is 5.91 Å². The molecule has 1 rings (SSSR count). The summed E-state index contributed by atoms with van der Waals surface area (Å²) in [5.41, 5.74) is 1.08. The van der Waals surface area contributed by atoms with Crippen molar-refractivity contribution in [2.24, 2.45) is 0 Å². The van der Waals surface area contributed by atoms with E-state index in [-0.39, 0.29) is 0 Å². The number of carboxylic acid groups (broad SMARTS) is 1. The monoisotopic (exact) mass is 314 g/mol. The molecule has 3 N–H and O–H groups in total. The minimum atomic E-state index is -1.20. The number of carbonyl (C=O) groups excluding carboxylic acids is 1. The Morgan fingerprint density at radius 2 is 1.94 bits per heavy atom. The molecule has 5 nitrogen and oxygen atoms in total. The Morgan fingerprint density at radius 3 is 2.44 bits per heavy atom. The number of benzene rings is 1.